The van der Waals surface area contributed by atoms with Gasteiger partial charge < -0.3 is 10.2 Å². The molecule has 12 heteroatoms. The zero-order valence-electron chi connectivity index (χ0n) is 21.6. The molecule has 5 rings (SSSR count). The van der Waals surface area contributed by atoms with Gasteiger partial charge in [0.25, 0.3) is 5.91 Å². The smallest absolute Gasteiger partial charge is 0.350 e. The van der Waals surface area contributed by atoms with Crippen LogP contribution in [0.2, 0.25) is 0 Å². The Morgan fingerprint density at radius 2 is 1.71 bits per heavy atom. The molecule has 2 aliphatic rings. The number of nitrogens with zero attached hydrogens (tertiary/aromatic N) is 3. The molecule has 1 N–H and O–H groups in total. The molecule has 1 atom stereocenters. The molecular formula is C29H25F3N4O4S. The highest BCUT2D eigenvalue weighted by Crippen LogP contribution is 2.33. The van der Waals surface area contributed by atoms with Crippen molar-refractivity contribution in [2.24, 2.45) is 5.92 Å². The average molecular weight is 583 g/mol. The Balaban J connectivity index is 1.38. The number of nitriles is 1. The van der Waals surface area contributed by atoms with Crippen LogP contribution >= 0.6 is 0 Å². The van der Waals surface area contributed by atoms with Crippen LogP contribution in [0.4, 0.5) is 13.2 Å². The minimum absolute atomic E-state index is 0.0507. The minimum Gasteiger partial charge on any atom is -0.350 e. The van der Waals surface area contributed by atoms with Crippen molar-refractivity contribution in [3.63, 3.8) is 0 Å². The van der Waals surface area contributed by atoms with Gasteiger partial charge in [-0.25, -0.2) is 8.42 Å². The number of sulfonamides is 1. The number of nitrogens with one attached hydrogen (secondary N) is 1. The van der Waals surface area contributed by atoms with Crippen LogP contribution in [0.5, 0.6) is 0 Å². The van der Waals surface area contributed by atoms with E-state index in [9.17, 15) is 31.2 Å². The van der Waals surface area contributed by atoms with E-state index in [0.29, 0.717) is 17.5 Å². The standard InChI is InChI=1S/C29H25F3N4O4S/c30-29(31,32)23-10-8-19(9-11-23)16-34-27(37)26-25-7-2-1-4-21(25)12-13-36(26)28(38)22-5-3-6-24(14-22)41(39,40)35-17-20(15-33)18-35/h1-11,14,20,26H,12-13,16-18H2,(H,34,37). The number of halogens is 3. The van der Waals surface area contributed by atoms with E-state index in [4.69, 9.17) is 5.26 Å². The molecule has 0 aromatic heterocycles. The summed E-state index contributed by atoms with van der Waals surface area (Å²) < 4.78 is 65.9. The maximum absolute atomic E-state index is 13.7. The van der Waals surface area contributed by atoms with Crippen LogP contribution in [-0.2, 0) is 34.0 Å². The summed E-state index contributed by atoms with van der Waals surface area (Å²) in [5, 5.41) is 11.7. The van der Waals surface area contributed by atoms with Gasteiger partial charge in [0, 0.05) is 31.7 Å². The second-order valence-electron chi connectivity index (χ2n) is 9.94. The highest BCUT2D eigenvalue weighted by Gasteiger charge is 2.39. The Morgan fingerprint density at radius 1 is 1.00 bits per heavy atom. The third-order valence-corrected chi connectivity index (χ3v) is 9.12. The highest BCUT2D eigenvalue weighted by molar-refractivity contribution is 7.89. The Hall–Kier alpha value is -4.21. The number of carbonyl (C=O) groups is 2. The number of hydrogen-bond acceptors (Lipinski definition) is 5. The largest absolute Gasteiger partial charge is 0.416 e. The first-order valence-corrected chi connectivity index (χ1v) is 14.3. The van der Waals surface area contributed by atoms with Crippen LogP contribution in [-0.4, -0.2) is 49.1 Å². The highest BCUT2D eigenvalue weighted by atomic mass is 32.2. The van der Waals surface area contributed by atoms with Crippen molar-refractivity contribution >= 4 is 21.8 Å². The van der Waals surface area contributed by atoms with Gasteiger partial charge in [-0.3, -0.25) is 9.59 Å². The van der Waals surface area contributed by atoms with Gasteiger partial charge in [-0.05, 0) is 53.4 Å². The number of carbonyl (C=O) groups excluding carboxylic acids is 2. The molecular weight excluding hydrogens is 557 g/mol. The lowest BCUT2D eigenvalue weighted by Gasteiger charge is -2.36. The molecule has 8 nitrogen and oxygen atoms in total. The van der Waals surface area contributed by atoms with Gasteiger partial charge in [-0.15, -0.1) is 0 Å². The van der Waals surface area contributed by atoms with Crippen molar-refractivity contribution in [2.75, 3.05) is 19.6 Å². The second kappa shape index (κ2) is 11.0. The summed E-state index contributed by atoms with van der Waals surface area (Å²) in [6, 6.07) is 18.2. The quantitative estimate of drug-likeness (QED) is 0.474. The molecule has 0 bridgehead atoms. The third-order valence-electron chi connectivity index (χ3n) is 7.29. The number of hydrogen-bond donors (Lipinski definition) is 1. The van der Waals surface area contributed by atoms with Crippen LogP contribution in [0.25, 0.3) is 0 Å². The van der Waals surface area contributed by atoms with Gasteiger partial charge >= 0.3 is 6.18 Å². The molecule has 1 unspecified atom stereocenters. The molecule has 0 saturated carbocycles. The van der Waals surface area contributed by atoms with Crippen molar-refractivity contribution in [1.29, 1.82) is 5.26 Å². The number of rotatable bonds is 6. The zero-order valence-corrected chi connectivity index (χ0v) is 22.5. The zero-order chi connectivity index (χ0) is 29.4. The third kappa shape index (κ3) is 5.68. The second-order valence-corrected chi connectivity index (χ2v) is 11.9. The fourth-order valence-electron chi connectivity index (χ4n) is 4.99. The van der Waals surface area contributed by atoms with E-state index in [1.807, 2.05) is 18.2 Å². The maximum atomic E-state index is 13.7. The summed E-state index contributed by atoms with van der Waals surface area (Å²) in [6.45, 7) is 0.314. The minimum atomic E-state index is -4.47. The predicted octanol–water partition coefficient (Wildman–Crippen LogP) is 3.91. The number of alkyl halides is 3. The summed E-state index contributed by atoms with van der Waals surface area (Å²) >= 11 is 0. The van der Waals surface area contributed by atoms with Crippen molar-refractivity contribution in [1.82, 2.24) is 14.5 Å². The lowest BCUT2D eigenvalue weighted by molar-refractivity contribution is -0.137. The van der Waals surface area contributed by atoms with Crippen LogP contribution < -0.4 is 5.32 Å². The summed E-state index contributed by atoms with van der Waals surface area (Å²) in [5.41, 5.74) is 1.24. The fraction of sp³-hybridized carbons (Fsp3) is 0.276. The Kier molecular flexibility index (Phi) is 7.59. The predicted molar refractivity (Wildman–Crippen MR) is 142 cm³/mol. The molecule has 0 aliphatic carbocycles. The average Bonchev–Trinajstić information content (AvgIpc) is 2.94. The van der Waals surface area contributed by atoms with E-state index in [1.54, 1.807) is 12.1 Å². The van der Waals surface area contributed by atoms with Crippen molar-refractivity contribution < 1.29 is 31.2 Å². The van der Waals surface area contributed by atoms with E-state index in [1.165, 1.54) is 45.6 Å². The summed E-state index contributed by atoms with van der Waals surface area (Å²) in [6.07, 6.45) is -3.99. The van der Waals surface area contributed by atoms with E-state index in [0.717, 1.165) is 17.7 Å². The summed E-state index contributed by atoms with van der Waals surface area (Å²) in [5.74, 6) is -1.42. The number of benzene rings is 3. The summed E-state index contributed by atoms with van der Waals surface area (Å²) in [4.78, 5) is 28.6. The molecule has 2 amide bonds. The Bertz CT molecular complexity index is 1630. The van der Waals surface area contributed by atoms with Gasteiger partial charge in [0.05, 0.1) is 22.4 Å². The van der Waals surface area contributed by atoms with Crippen molar-refractivity contribution in [2.45, 2.75) is 30.1 Å². The fourth-order valence-corrected chi connectivity index (χ4v) is 6.56. The Morgan fingerprint density at radius 3 is 2.39 bits per heavy atom. The van der Waals surface area contributed by atoms with Gasteiger partial charge in [0.2, 0.25) is 15.9 Å². The topological polar surface area (TPSA) is 111 Å². The van der Waals surface area contributed by atoms with Crippen LogP contribution in [0.15, 0.2) is 77.7 Å². The lowest BCUT2D eigenvalue weighted by Crippen LogP contribution is -2.49. The number of fused-ring (bicyclic) bond motifs is 1. The first kappa shape index (κ1) is 28.3. The molecule has 1 saturated heterocycles. The van der Waals surface area contributed by atoms with E-state index < -0.39 is 39.6 Å². The summed E-state index contributed by atoms with van der Waals surface area (Å²) in [7, 11) is -3.90. The first-order valence-electron chi connectivity index (χ1n) is 12.8. The lowest BCUT2D eigenvalue weighted by atomic mass is 9.91. The molecule has 212 valence electrons. The molecule has 0 radical (unpaired) electrons. The van der Waals surface area contributed by atoms with Gasteiger partial charge in [-0.2, -0.15) is 22.7 Å². The molecule has 3 aromatic rings. The van der Waals surface area contributed by atoms with E-state index in [2.05, 4.69) is 5.32 Å². The SMILES string of the molecule is N#CC1CN(S(=O)(=O)c2cccc(C(=O)N3CCc4ccccc4C3C(=O)NCc3ccc(C(F)(F)F)cc3)c2)C1. The molecule has 2 aliphatic heterocycles. The van der Waals surface area contributed by atoms with Gasteiger partial charge in [0.1, 0.15) is 6.04 Å². The monoisotopic (exact) mass is 582 g/mol. The van der Waals surface area contributed by atoms with E-state index in [-0.39, 0.29) is 42.6 Å². The van der Waals surface area contributed by atoms with Crippen molar-refractivity contribution in [3.05, 3.63) is 101 Å². The van der Waals surface area contributed by atoms with E-state index >= 15 is 0 Å². The maximum Gasteiger partial charge on any atom is 0.416 e. The number of amides is 2. The van der Waals surface area contributed by atoms with Crippen molar-refractivity contribution in [3.8, 4) is 6.07 Å². The Labute approximate surface area is 235 Å². The van der Waals surface area contributed by atoms with Gasteiger partial charge in [0.15, 0.2) is 0 Å². The molecule has 2 heterocycles. The van der Waals surface area contributed by atoms with Crippen LogP contribution in [0, 0.1) is 17.2 Å². The molecule has 1 fully saturated rings. The molecule has 41 heavy (non-hydrogen) atoms. The van der Waals surface area contributed by atoms with Crippen LogP contribution in [0.3, 0.4) is 0 Å². The normalized spacial score (nSPS) is 17.7. The first-order chi connectivity index (χ1) is 19.5. The van der Waals surface area contributed by atoms with Gasteiger partial charge in [-0.1, -0.05) is 42.5 Å². The van der Waals surface area contributed by atoms with Crippen LogP contribution in [0.1, 0.15) is 38.7 Å². The molecule has 3 aromatic carbocycles. The molecule has 0 spiro atoms.